The molecular formula is C17H29N3O3. The van der Waals surface area contributed by atoms with Crippen molar-refractivity contribution in [2.24, 2.45) is 0 Å². The molecule has 6 nitrogen and oxygen atoms in total. The van der Waals surface area contributed by atoms with E-state index in [4.69, 9.17) is 9.47 Å². The predicted molar refractivity (Wildman–Crippen MR) is 89.3 cm³/mol. The van der Waals surface area contributed by atoms with Crippen molar-refractivity contribution in [3.05, 3.63) is 24.0 Å². The Labute approximate surface area is 138 Å². The molecule has 2 atom stereocenters. The highest BCUT2D eigenvalue weighted by Gasteiger charge is 2.37. The van der Waals surface area contributed by atoms with Gasteiger partial charge in [-0.25, -0.2) is 4.79 Å². The number of aromatic nitrogens is 1. The van der Waals surface area contributed by atoms with Gasteiger partial charge in [-0.15, -0.1) is 0 Å². The summed E-state index contributed by atoms with van der Waals surface area (Å²) in [6.45, 7) is 10.6. The van der Waals surface area contributed by atoms with Crippen LogP contribution in [0.3, 0.4) is 0 Å². The third-order valence-electron chi connectivity index (χ3n) is 3.97. The number of rotatable bonds is 5. The van der Waals surface area contributed by atoms with Crippen molar-refractivity contribution in [1.29, 1.82) is 0 Å². The zero-order chi connectivity index (χ0) is 17.0. The van der Waals surface area contributed by atoms with E-state index in [1.54, 1.807) is 12.0 Å². The first-order valence-corrected chi connectivity index (χ1v) is 8.21. The predicted octanol–water partition coefficient (Wildman–Crippen LogP) is 2.23. The van der Waals surface area contributed by atoms with Gasteiger partial charge in [0.1, 0.15) is 5.60 Å². The summed E-state index contributed by atoms with van der Waals surface area (Å²) in [5, 5.41) is 3.50. The normalized spacial score (nSPS) is 21.7. The van der Waals surface area contributed by atoms with Crippen LogP contribution >= 0.6 is 0 Å². The van der Waals surface area contributed by atoms with E-state index in [-0.39, 0.29) is 18.2 Å². The maximum atomic E-state index is 12.2. The first-order valence-electron chi connectivity index (χ1n) is 8.21. The molecule has 0 aliphatic carbocycles. The van der Waals surface area contributed by atoms with Gasteiger partial charge < -0.3 is 24.3 Å². The minimum Gasteiger partial charge on any atom is -0.444 e. The number of amides is 1. The number of carbonyl (C=O) groups excluding carboxylic acids is 1. The number of aryl methyl sites for hydroxylation is 1. The second-order valence-electron chi connectivity index (χ2n) is 7.00. The molecule has 6 heteroatoms. The highest BCUT2D eigenvalue weighted by Crippen LogP contribution is 2.18. The van der Waals surface area contributed by atoms with Crippen LogP contribution in [0, 0.1) is 0 Å². The summed E-state index contributed by atoms with van der Waals surface area (Å²) in [5.41, 5.74) is 0.756. The molecule has 1 aliphatic heterocycles. The average molecular weight is 323 g/mol. The van der Waals surface area contributed by atoms with E-state index in [0.29, 0.717) is 13.1 Å². The molecule has 130 valence electrons. The molecule has 0 bridgehead atoms. The lowest BCUT2D eigenvalue weighted by atomic mass is 10.2. The molecule has 1 amide bonds. The van der Waals surface area contributed by atoms with E-state index >= 15 is 0 Å². The van der Waals surface area contributed by atoms with E-state index in [2.05, 4.69) is 35.3 Å². The molecule has 1 aliphatic rings. The SMILES string of the molecule is CCn1ccc(CNC2CN(C(=O)OC(C)(C)C)C[C@@H]2OC)c1. The largest absolute Gasteiger partial charge is 0.444 e. The first kappa shape index (κ1) is 17.8. The minimum atomic E-state index is -0.478. The molecule has 0 spiro atoms. The molecule has 1 saturated heterocycles. The van der Waals surface area contributed by atoms with Crippen molar-refractivity contribution in [2.45, 2.75) is 58.5 Å². The summed E-state index contributed by atoms with van der Waals surface area (Å²) in [6, 6.07) is 2.22. The van der Waals surface area contributed by atoms with Crippen LogP contribution in [0.15, 0.2) is 18.5 Å². The summed E-state index contributed by atoms with van der Waals surface area (Å²) in [7, 11) is 1.69. The summed E-state index contributed by atoms with van der Waals surface area (Å²) in [4.78, 5) is 13.9. The van der Waals surface area contributed by atoms with Gasteiger partial charge in [-0.2, -0.15) is 0 Å². The number of carbonyl (C=O) groups is 1. The quantitative estimate of drug-likeness (QED) is 0.903. The number of methoxy groups -OCH3 is 1. The summed E-state index contributed by atoms with van der Waals surface area (Å²) >= 11 is 0. The zero-order valence-corrected chi connectivity index (χ0v) is 14.8. The van der Waals surface area contributed by atoms with Crippen molar-refractivity contribution in [1.82, 2.24) is 14.8 Å². The van der Waals surface area contributed by atoms with E-state index in [1.807, 2.05) is 20.8 Å². The van der Waals surface area contributed by atoms with Gasteiger partial charge >= 0.3 is 6.09 Å². The van der Waals surface area contributed by atoms with E-state index in [9.17, 15) is 4.79 Å². The lowest BCUT2D eigenvalue weighted by Gasteiger charge is -2.24. The number of hydrogen-bond acceptors (Lipinski definition) is 4. The van der Waals surface area contributed by atoms with Crippen molar-refractivity contribution < 1.29 is 14.3 Å². The molecule has 23 heavy (non-hydrogen) atoms. The van der Waals surface area contributed by atoms with Crippen LogP contribution in [0.1, 0.15) is 33.3 Å². The van der Waals surface area contributed by atoms with Crippen molar-refractivity contribution in [2.75, 3.05) is 20.2 Å². The van der Waals surface area contributed by atoms with Crippen LogP contribution in [0.5, 0.6) is 0 Å². The number of likely N-dealkylation sites (tertiary alicyclic amines) is 1. The average Bonchev–Trinajstić information content (AvgIpc) is 3.09. The molecular weight excluding hydrogens is 294 g/mol. The van der Waals surface area contributed by atoms with Crippen LogP contribution in [-0.2, 0) is 22.6 Å². The molecule has 1 fully saturated rings. The molecule has 0 saturated carbocycles. The Bertz CT molecular complexity index is 521. The third-order valence-corrected chi connectivity index (χ3v) is 3.97. The van der Waals surface area contributed by atoms with Gasteiger partial charge in [-0.3, -0.25) is 0 Å². The van der Waals surface area contributed by atoms with Gasteiger partial charge in [-0.1, -0.05) is 0 Å². The monoisotopic (exact) mass is 323 g/mol. The molecule has 1 N–H and O–H groups in total. The number of nitrogens with zero attached hydrogens (tertiary/aromatic N) is 2. The topological polar surface area (TPSA) is 55.7 Å². The Hall–Kier alpha value is -1.53. The highest BCUT2D eigenvalue weighted by atomic mass is 16.6. The molecule has 0 radical (unpaired) electrons. The Morgan fingerprint density at radius 3 is 2.70 bits per heavy atom. The van der Waals surface area contributed by atoms with E-state index in [1.165, 1.54) is 5.56 Å². The molecule has 1 aromatic rings. The fraction of sp³-hybridized carbons (Fsp3) is 0.706. The van der Waals surface area contributed by atoms with Crippen LogP contribution < -0.4 is 5.32 Å². The maximum absolute atomic E-state index is 12.2. The van der Waals surface area contributed by atoms with E-state index in [0.717, 1.165) is 13.1 Å². The van der Waals surface area contributed by atoms with Crippen LogP contribution in [0.4, 0.5) is 4.79 Å². The Balaban J connectivity index is 1.89. The Morgan fingerprint density at radius 2 is 2.13 bits per heavy atom. The lowest BCUT2D eigenvalue weighted by molar-refractivity contribution is 0.0252. The maximum Gasteiger partial charge on any atom is 0.410 e. The summed E-state index contributed by atoms with van der Waals surface area (Å²) < 4.78 is 13.1. The van der Waals surface area contributed by atoms with Gasteiger partial charge in [-0.05, 0) is 39.3 Å². The number of nitrogens with one attached hydrogen (secondary N) is 1. The smallest absolute Gasteiger partial charge is 0.410 e. The second kappa shape index (κ2) is 7.36. The molecule has 0 aromatic carbocycles. The second-order valence-corrected chi connectivity index (χ2v) is 7.00. The summed E-state index contributed by atoms with van der Waals surface area (Å²) in [5.74, 6) is 0. The van der Waals surface area contributed by atoms with Crippen molar-refractivity contribution >= 4 is 6.09 Å². The van der Waals surface area contributed by atoms with Crippen LogP contribution in [-0.4, -0.2) is 53.5 Å². The van der Waals surface area contributed by atoms with Gasteiger partial charge in [0.05, 0.1) is 18.7 Å². The number of ether oxygens (including phenoxy) is 2. The first-order chi connectivity index (χ1) is 10.8. The zero-order valence-electron chi connectivity index (χ0n) is 14.8. The highest BCUT2D eigenvalue weighted by molar-refractivity contribution is 5.68. The fourth-order valence-corrected chi connectivity index (χ4v) is 2.73. The standard InChI is InChI=1S/C17H29N3O3/c1-6-19-8-7-13(10-19)9-18-14-11-20(12-15(14)22-5)16(21)23-17(2,3)4/h7-8,10,14-15,18H,6,9,11-12H2,1-5H3/t14?,15-/m0/s1. The molecule has 1 aromatic heterocycles. The summed E-state index contributed by atoms with van der Waals surface area (Å²) in [6.07, 6.45) is 3.92. The van der Waals surface area contributed by atoms with Crippen molar-refractivity contribution in [3.63, 3.8) is 0 Å². The molecule has 2 heterocycles. The minimum absolute atomic E-state index is 0.0178. The third kappa shape index (κ3) is 4.97. The van der Waals surface area contributed by atoms with Gasteiger partial charge in [0.15, 0.2) is 0 Å². The molecule has 2 rings (SSSR count). The fourth-order valence-electron chi connectivity index (χ4n) is 2.73. The number of hydrogen-bond donors (Lipinski definition) is 1. The van der Waals surface area contributed by atoms with E-state index < -0.39 is 5.60 Å². The Kier molecular flexibility index (Phi) is 5.70. The van der Waals surface area contributed by atoms with Crippen LogP contribution in [0.25, 0.3) is 0 Å². The van der Waals surface area contributed by atoms with Gasteiger partial charge in [0, 0.05) is 39.1 Å². The molecule has 1 unspecified atom stereocenters. The van der Waals surface area contributed by atoms with Crippen molar-refractivity contribution in [3.8, 4) is 0 Å². The lowest BCUT2D eigenvalue weighted by Crippen LogP contribution is -2.40. The van der Waals surface area contributed by atoms with Crippen LogP contribution in [0.2, 0.25) is 0 Å². The van der Waals surface area contributed by atoms with Gasteiger partial charge in [0.25, 0.3) is 0 Å². The van der Waals surface area contributed by atoms with Gasteiger partial charge in [0.2, 0.25) is 0 Å². The Morgan fingerprint density at radius 1 is 1.39 bits per heavy atom.